The molecule has 0 aliphatic carbocycles. The third-order valence-corrected chi connectivity index (χ3v) is 2.85. The van der Waals surface area contributed by atoms with Gasteiger partial charge < -0.3 is 10.2 Å². The van der Waals surface area contributed by atoms with Gasteiger partial charge in [0.2, 0.25) is 0 Å². The third-order valence-electron chi connectivity index (χ3n) is 1.98. The summed E-state index contributed by atoms with van der Waals surface area (Å²) in [5.74, 6) is 0. The molecular weight excluding hydrogens is 293 g/mol. The Kier molecular flexibility index (Phi) is 2.66. The van der Waals surface area contributed by atoms with Crippen molar-refractivity contribution in [2.45, 2.75) is 6.29 Å². The first-order valence-electron chi connectivity index (χ1n) is 4.10. The number of hydrogen-bond acceptors (Lipinski definition) is 3. The van der Waals surface area contributed by atoms with Gasteiger partial charge in [-0.05, 0) is 34.7 Å². The van der Waals surface area contributed by atoms with E-state index >= 15 is 0 Å². The summed E-state index contributed by atoms with van der Waals surface area (Å²) in [7, 11) is 0. The Labute approximate surface area is 94.5 Å². The second-order valence-electron chi connectivity index (χ2n) is 2.93. The van der Waals surface area contributed by atoms with Crippen LogP contribution in [0.1, 0.15) is 11.9 Å². The van der Waals surface area contributed by atoms with E-state index in [1.165, 1.54) is 0 Å². The summed E-state index contributed by atoms with van der Waals surface area (Å²) in [6, 6.07) is 9.33. The molecule has 0 atom stereocenters. The van der Waals surface area contributed by atoms with E-state index < -0.39 is 6.29 Å². The Morgan fingerprint density at radius 1 is 1.21 bits per heavy atom. The van der Waals surface area contributed by atoms with Crippen molar-refractivity contribution in [3.63, 3.8) is 0 Å². The van der Waals surface area contributed by atoms with Gasteiger partial charge in [-0.25, -0.2) is 4.98 Å². The Bertz CT molecular complexity index is 471. The zero-order chi connectivity index (χ0) is 10.1. The first-order valence-corrected chi connectivity index (χ1v) is 5.17. The average Bonchev–Trinajstić information content (AvgIpc) is 2.16. The molecule has 1 heterocycles. The molecule has 0 bridgehead atoms. The maximum Gasteiger partial charge on any atom is 0.181 e. The second kappa shape index (κ2) is 3.80. The van der Waals surface area contributed by atoms with Crippen molar-refractivity contribution in [3.05, 3.63) is 39.6 Å². The fourth-order valence-electron chi connectivity index (χ4n) is 1.29. The summed E-state index contributed by atoms with van der Waals surface area (Å²) in [5, 5.41) is 19.1. The molecule has 0 unspecified atom stereocenters. The van der Waals surface area contributed by atoms with E-state index in [1.54, 1.807) is 6.07 Å². The quantitative estimate of drug-likeness (QED) is 0.480. The number of benzene rings is 1. The van der Waals surface area contributed by atoms with E-state index in [2.05, 4.69) is 4.98 Å². The first kappa shape index (κ1) is 9.82. The van der Waals surface area contributed by atoms with Crippen molar-refractivity contribution in [2.75, 3.05) is 0 Å². The zero-order valence-corrected chi connectivity index (χ0v) is 9.34. The number of rotatable bonds is 1. The Morgan fingerprint density at radius 2 is 1.93 bits per heavy atom. The van der Waals surface area contributed by atoms with Gasteiger partial charge >= 0.3 is 0 Å². The second-order valence-corrected chi connectivity index (χ2v) is 3.96. The molecule has 0 radical (unpaired) electrons. The maximum absolute atomic E-state index is 9.07. The monoisotopic (exact) mass is 301 g/mol. The number of aromatic nitrogens is 1. The van der Waals surface area contributed by atoms with Gasteiger partial charge in [0.1, 0.15) is 3.70 Å². The molecule has 3 nitrogen and oxygen atoms in total. The molecule has 2 rings (SSSR count). The van der Waals surface area contributed by atoms with Crippen LogP contribution >= 0.6 is 22.6 Å². The fourth-order valence-corrected chi connectivity index (χ4v) is 1.98. The van der Waals surface area contributed by atoms with Crippen LogP contribution in [0.15, 0.2) is 30.3 Å². The molecule has 2 aromatic rings. The van der Waals surface area contributed by atoms with Gasteiger partial charge in [-0.2, -0.15) is 0 Å². The molecule has 2 N–H and O–H groups in total. The van der Waals surface area contributed by atoms with Crippen LogP contribution in [0.5, 0.6) is 0 Å². The van der Waals surface area contributed by atoms with E-state index in [9.17, 15) is 0 Å². The number of pyridine rings is 1. The Balaban J connectivity index is 2.71. The van der Waals surface area contributed by atoms with E-state index in [-0.39, 0.29) is 0 Å². The molecule has 0 aliphatic heterocycles. The lowest BCUT2D eigenvalue weighted by Gasteiger charge is -2.07. The molecule has 0 spiro atoms. The molecule has 72 valence electrons. The highest BCUT2D eigenvalue weighted by Crippen LogP contribution is 2.21. The van der Waals surface area contributed by atoms with Crippen LogP contribution in [0.4, 0.5) is 0 Å². The van der Waals surface area contributed by atoms with Crippen LogP contribution < -0.4 is 0 Å². The molecule has 4 heteroatoms. The van der Waals surface area contributed by atoms with E-state index in [4.69, 9.17) is 10.2 Å². The molecule has 1 aromatic carbocycles. The number of para-hydroxylation sites is 1. The minimum Gasteiger partial charge on any atom is -0.364 e. The number of hydrogen-bond donors (Lipinski definition) is 2. The molecule has 0 aliphatic rings. The minimum absolute atomic E-state index is 0.448. The summed E-state index contributed by atoms with van der Waals surface area (Å²) in [5.41, 5.74) is 1.31. The summed E-state index contributed by atoms with van der Waals surface area (Å²) < 4.78 is 0.622. The van der Waals surface area contributed by atoms with Gasteiger partial charge in [0.15, 0.2) is 6.29 Å². The highest BCUT2D eigenvalue weighted by Gasteiger charge is 2.09. The Hall–Kier alpha value is -0.720. The summed E-state index contributed by atoms with van der Waals surface area (Å²) in [4.78, 5) is 4.26. The highest BCUT2D eigenvalue weighted by molar-refractivity contribution is 14.1. The van der Waals surface area contributed by atoms with Crippen LogP contribution in [0.3, 0.4) is 0 Å². The lowest BCUT2D eigenvalue weighted by molar-refractivity contribution is -0.0432. The molecule has 0 saturated carbocycles. The summed E-state index contributed by atoms with van der Waals surface area (Å²) in [6.07, 6.45) is -1.46. The average molecular weight is 301 g/mol. The highest BCUT2D eigenvalue weighted by atomic mass is 127. The number of halogens is 1. The largest absolute Gasteiger partial charge is 0.364 e. The SMILES string of the molecule is OC(O)c1cc2ccccc2nc1I. The minimum atomic E-state index is -1.46. The van der Waals surface area contributed by atoms with Crippen molar-refractivity contribution < 1.29 is 10.2 Å². The van der Waals surface area contributed by atoms with Crippen LogP contribution in [0, 0.1) is 3.70 Å². The smallest absolute Gasteiger partial charge is 0.181 e. The molecular formula is C10H8INO2. The van der Waals surface area contributed by atoms with Gasteiger partial charge in [-0.15, -0.1) is 0 Å². The molecule has 14 heavy (non-hydrogen) atoms. The maximum atomic E-state index is 9.07. The van der Waals surface area contributed by atoms with Gasteiger partial charge in [0.05, 0.1) is 5.52 Å². The van der Waals surface area contributed by atoms with E-state index in [0.29, 0.717) is 9.26 Å². The topological polar surface area (TPSA) is 53.4 Å². The van der Waals surface area contributed by atoms with Gasteiger partial charge in [-0.1, -0.05) is 18.2 Å². The van der Waals surface area contributed by atoms with Crippen LogP contribution in [-0.4, -0.2) is 15.2 Å². The predicted octanol–water partition coefficient (Wildman–Crippen LogP) is 1.82. The standard InChI is InChI=1S/C10H8INO2/c11-9-7(10(13)14)5-6-3-1-2-4-8(6)12-9/h1-5,10,13-14H. The van der Waals surface area contributed by atoms with Crippen LogP contribution in [-0.2, 0) is 0 Å². The van der Waals surface area contributed by atoms with Gasteiger partial charge in [0.25, 0.3) is 0 Å². The fraction of sp³-hybridized carbons (Fsp3) is 0.100. The number of aliphatic hydroxyl groups is 2. The summed E-state index contributed by atoms with van der Waals surface area (Å²) in [6.45, 7) is 0. The van der Waals surface area contributed by atoms with Gasteiger partial charge in [0, 0.05) is 10.9 Å². The van der Waals surface area contributed by atoms with Crippen molar-refractivity contribution in [2.24, 2.45) is 0 Å². The van der Waals surface area contributed by atoms with Gasteiger partial charge in [-0.3, -0.25) is 0 Å². The van der Waals surface area contributed by atoms with Crippen molar-refractivity contribution >= 4 is 33.5 Å². The lowest BCUT2D eigenvalue weighted by Crippen LogP contribution is -2.00. The Morgan fingerprint density at radius 3 is 2.64 bits per heavy atom. The van der Waals surface area contributed by atoms with Crippen LogP contribution in [0.2, 0.25) is 0 Å². The first-order chi connectivity index (χ1) is 6.68. The van der Waals surface area contributed by atoms with Crippen molar-refractivity contribution in [1.29, 1.82) is 0 Å². The zero-order valence-electron chi connectivity index (χ0n) is 7.18. The predicted molar refractivity (Wildman–Crippen MR) is 61.6 cm³/mol. The normalized spacial score (nSPS) is 11.1. The third kappa shape index (κ3) is 1.73. The molecule has 0 fully saturated rings. The number of aliphatic hydroxyl groups excluding tert-OH is 1. The lowest BCUT2D eigenvalue weighted by atomic mass is 10.1. The van der Waals surface area contributed by atoms with Crippen molar-refractivity contribution in [3.8, 4) is 0 Å². The molecule has 0 saturated heterocycles. The summed E-state index contributed by atoms with van der Waals surface area (Å²) >= 11 is 1.99. The van der Waals surface area contributed by atoms with Crippen molar-refractivity contribution in [1.82, 2.24) is 4.98 Å². The molecule has 0 amide bonds. The van der Waals surface area contributed by atoms with Crippen LogP contribution in [0.25, 0.3) is 10.9 Å². The number of fused-ring (bicyclic) bond motifs is 1. The van der Waals surface area contributed by atoms with E-state index in [0.717, 1.165) is 10.9 Å². The van der Waals surface area contributed by atoms with E-state index in [1.807, 2.05) is 46.9 Å². The number of nitrogens with zero attached hydrogens (tertiary/aromatic N) is 1. The molecule has 1 aromatic heterocycles.